The van der Waals surface area contributed by atoms with E-state index in [2.05, 4.69) is 189 Å². The van der Waals surface area contributed by atoms with Gasteiger partial charge in [-0.15, -0.1) is 0 Å². The summed E-state index contributed by atoms with van der Waals surface area (Å²) in [6, 6.07) is 48.9. The molecule has 0 spiro atoms. The average Bonchev–Trinajstić information content (AvgIpc) is 3.63. The van der Waals surface area contributed by atoms with Crippen molar-refractivity contribution in [2.75, 3.05) is 14.7 Å². The number of hydrogen-bond acceptors (Lipinski definition) is 4. The fourth-order valence-corrected chi connectivity index (χ4v) is 15.2. The average molecular weight is 826 g/mol. The zero-order valence-electron chi connectivity index (χ0n) is 37.3. The maximum atomic E-state index is 6.66. The number of para-hydroxylation sites is 5. The number of anilines is 7. The molecule has 0 radical (unpaired) electrons. The van der Waals surface area contributed by atoms with Crippen LogP contribution in [0.25, 0.3) is 5.47 Å². The normalized spacial score (nSPS) is 25.5. The van der Waals surface area contributed by atoms with Gasteiger partial charge in [0.05, 0.1) is 30.7 Å². The SMILES string of the molecule is CC1(C)C2=C(B3c4cccc5c4N(c4cc(N6c7ccccc7Oc7ccccc76)cc(c43)N2c2ccc([Si](C)(C)C)cc2)C2(C)CC3CCCCC3CC52C)c2ccccc21. The Bertz CT molecular complexity index is 2900. The monoisotopic (exact) mass is 825 g/mol. The van der Waals surface area contributed by atoms with E-state index in [-0.39, 0.29) is 23.1 Å². The van der Waals surface area contributed by atoms with Crippen molar-refractivity contribution in [1.29, 1.82) is 0 Å². The Hall–Kier alpha value is -5.46. The summed E-state index contributed by atoms with van der Waals surface area (Å²) in [6.45, 7) is 17.7. The molecule has 7 aliphatic rings. The lowest BCUT2D eigenvalue weighted by molar-refractivity contribution is 0.0581. The first-order valence-corrected chi connectivity index (χ1v) is 26.9. The molecule has 6 aromatic carbocycles. The second-order valence-corrected chi connectivity index (χ2v) is 26.7. The van der Waals surface area contributed by atoms with Crippen molar-refractivity contribution in [2.24, 2.45) is 11.8 Å². The van der Waals surface area contributed by atoms with Crippen molar-refractivity contribution in [3.63, 3.8) is 0 Å². The van der Waals surface area contributed by atoms with E-state index in [4.69, 9.17) is 4.74 Å². The lowest BCUT2D eigenvalue weighted by Gasteiger charge is -2.57. The Morgan fingerprint density at radius 2 is 1.24 bits per heavy atom. The Balaban J connectivity index is 1.16. The molecule has 2 saturated carbocycles. The molecule has 2 fully saturated rings. The van der Waals surface area contributed by atoms with Crippen molar-refractivity contribution in [3.8, 4) is 11.5 Å². The van der Waals surface area contributed by atoms with Crippen LogP contribution in [0.1, 0.15) is 82.9 Å². The Labute approximate surface area is 369 Å². The topological polar surface area (TPSA) is 19.0 Å². The number of allylic oxidation sites excluding steroid dienone is 1. The van der Waals surface area contributed by atoms with Crippen LogP contribution in [0.3, 0.4) is 0 Å². The van der Waals surface area contributed by atoms with Crippen molar-refractivity contribution in [1.82, 2.24) is 0 Å². The van der Waals surface area contributed by atoms with E-state index in [9.17, 15) is 0 Å². The van der Waals surface area contributed by atoms with Gasteiger partial charge in [-0.05, 0) is 113 Å². The minimum atomic E-state index is -1.55. The van der Waals surface area contributed by atoms with Gasteiger partial charge in [-0.3, -0.25) is 0 Å². The molecule has 4 unspecified atom stereocenters. The van der Waals surface area contributed by atoms with E-state index < -0.39 is 8.07 Å². The largest absolute Gasteiger partial charge is 0.453 e. The molecule has 0 bridgehead atoms. The summed E-state index contributed by atoms with van der Waals surface area (Å²) in [5.74, 6) is 3.32. The summed E-state index contributed by atoms with van der Waals surface area (Å²) in [7, 11) is -1.55. The van der Waals surface area contributed by atoms with Gasteiger partial charge >= 0.3 is 0 Å². The third-order valence-corrected chi connectivity index (χ3v) is 19.2. The quantitative estimate of drug-likeness (QED) is 0.165. The van der Waals surface area contributed by atoms with Crippen molar-refractivity contribution >= 4 is 76.2 Å². The number of rotatable bonds is 3. The Kier molecular flexibility index (Phi) is 7.41. The van der Waals surface area contributed by atoms with Crippen LogP contribution in [0.4, 0.5) is 39.8 Å². The maximum absolute atomic E-state index is 6.66. The smallest absolute Gasteiger partial charge is 0.252 e. The molecule has 4 atom stereocenters. The van der Waals surface area contributed by atoms with Crippen LogP contribution in [0.2, 0.25) is 19.6 Å². The molecule has 6 heteroatoms. The molecule has 0 saturated heterocycles. The van der Waals surface area contributed by atoms with Crippen LogP contribution in [0, 0.1) is 11.8 Å². The fourth-order valence-electron chi connectivity index (χ4n) is 14.0. The van der Waals surface area contributed by atoms with E-state index in [1.807, 2.05) is 0 Å². The zero-order chi connectivity index (χ0) is 42.1. The highest BCUT2D eigenvalue weighted by Crippen LogP contribution is 2.67. The molecular formula is C56H56BN3OSi. The van der Waals surface area contributed by atoms with Crippen LogP contribution in [-0.2, 0) is 10.8 Å². The molecule has 308 valence electrons. The second-order valence-electron chi connectivity index (χ2n) is 21.7. The third-order valence-electron chi connectivity index (χ3n) is 17.1. The Morgan fingerprint density at radius 1 is 0.613 bits per heavy atom. The molecule has 3 aliphatic carbocycles. The van der Waals surface area contributed by atoms with Crippen LogP contribution < -0.4 is 35.5 Å². The van der Waals surface area contributed by atoms with Gasteiger partial charge in [0.2, 0.25) is 0 Å². The predicted molar refractivity (Wildman–Crippen MR) is 263 cm³/mol. The first-order valence-electron chi connectivity index (χ1n) is 23.4. The number of benzene rings is 6. The van der Waals surface area contributed by atoms with Crippen LogP contribution in [0.5, 0.6) is 11.5 Å². The zero-order valence-corrected chi connectivity index (χ0v) is 38.3. The fraction of sp³-hybridized carbons (Fsp3) is 0.321. The molecular weight excluding hydrogens is 770 g/mol. The van der Waals surface area contributed by atoms with Crippen molar-refractivity contribution in [2.45, 2.75) is 102 Å². The first-order chi connectivity index (χ1) is 29.9. The summed E-state index contributed by atoms with van der Waals surface area (Å²) in [4.78, 5) is 8.14. The number of hydrogen-bond donors (Lipinski definition) is 0. The molecule has 4 heterocycles. The van der Waals surface area contributed by atoms with Gasteiger partial charge in [0.25, 0.3) is 6.71 Å². The van der Waals surface area contributed by atoms with Crippen LogP contribution in [0.15, 0.2) is 133 Å². The van der Waals surface area contributed by atoms with Crippen LogP contribution in [-0.4, -0.2) is 20.3 Å². The molecule has 0 aromatic heterocycles. The van der Waals surface area contributed by atoms with Gasteiger partial charge in [0.1, 0.15) is 0 Å². The van der Waals surface area contributed by atoms with E-state index in [1.165, 1.54) is 105 Å². The van der Waals surface area contributed by atoms with Crippen LogP contribution >= 0.6 is 0 Å². The lowest BCUT2D eigenvalue weighted by Crippen LogP contribution is -2.63. The minimum Gasteiger partial charge on any atom is -0.453 e. The van der Waals surface area contributed by atoms with E-state index >= 15 is 0 Å². The van der Waals surface area contributed by atoms with E-state index in [0.29, 0.717) is 0 Å². The van der Waals surface area contributed by atoms with Crippen molar-refractivity contribution in [3.05, 3.63) is 150 Å². The maximum Gasteiger partial charge on any atom is 0.252 e. The van der Waals surface area contributed by atoms with E-state index in [1.54, 1.807) is 5.56 Å². The number of nitrogens with zero attached hydrogens (tertiary/aromatic N) is 3. The van der Waals surface area contributed by atoms with Gasteiger partial charge in [0, 0.05) is 39.3 Å². The molecule has 6 aromatic rings. The molecule has 62 heavy (non-hydrogen) atoms. The highest BCUT2D eigenvalue weighted by molar-refractivity contribution is 7.03. The highest BCUT2D eigenvalue weighted by atomic mass is 28.3. The third kappa shape index (κ3) is 4.64. The molecule has 0 N–H and O–H groups in total. The summed E-state index contributed by atoms with van der Waals surface area (Å²) < 4.78 is 6.66. The summed E-state index contributed by atoms with van der Waals surface area (Å²) >= 11 is 0. The molecule has 4 nitrogen and oxygen atoms in total. The molecule has 4 aliphatic heterocycles. The summed E-state index contributed by atoms with van der Waals surface area (Å²) in [5, 5.41) is 1.49. The summed E-state index contributed by atoms with van der Waals surface area (Å²) in [6.07, 6.45) is 7.97. The van der Waals surface area contributed by atoms with Gasteiger partial charge in [-0.25, -0.2) is 0 Å². The Morgan fingerprint density at radius 3 is 1.95 bits per heavy atom. The predicted octanol–water partition coefficient (Wildman–Crippen LogP) is 12.9. The number of fused-ring (bicyclic) bond motifs is 11. The van der Waals surface area contributed by atoms with E-state index in [0.717, 1.165) is 34.7 Å². The molecule has 0 amide bonds. The lowest BCUT2D eigenvalue weighted by atomic mass is 9.32. The van der Waals surface area contributed by atoms with Crippen molar-refractivity contribution < 1.29 is 4.74 Å². The minimum absolute atomic E-state index is 0.0157. The molecule has 13 rings (SSSR count). The van der Waals surface area contributed by atoms with Gasteiger partial charge in [0.15, 0.2) is 11.5 Å². The second kappa shape index (κ2) is 12.4. The number of ether oxygens (including phenoxy) is 1. The standard InChI is InChI=1S/C56H56BN3OSi/c1-54(2)41-20-11-10-19-40(41)50-53(54)59(37-27-29-39(30-28-37)62(5,6)7)46-31-38(58-44-23-12-14-25-48(44)61-49-26-15-13-24-45(49)58)32-47-51(46)57(50)43-22-16-21-42-52(43)60(47)56(4)34-36-18-9-8-17-35(36)33-55(42,56)3/h10-16,19-32,35-36H,8-9,17-18,33-34H2,1-7H3. The van der Waals surface area contributed by atoms with Gasteiger partial charge in [-0.1, -0.05) is 150 Å². The summed E-state index contributed by atoms with van der Waals surface area (Å²) in [5.41, 5.74) is 18.6. The van der Waals surface area contributed by atoms with Gasteiger partial charge < -0.3 is 19.4 Å². The highest BCUT2D eigenvalue weighted by Gasteiger charge is 2.65. The first kappa shape index (κ1) is 37.1. The van der Waals surface area contributed by atoms with Gasteiger partial charge in [-0.2, -0.15) is 0 Å².